The summed E-state index contributed by atoms with van der Waals surface area (Å²) in [5.41, 5.74) is 1.84. The number of hydrogen-bond acceptors (Lipinski definition) is 6. The van der Waals surface area contributed by atoms with Crippen LogP contribution in [-0.4, -0.2) is 45.2 Å². The van der Waals surface area contributed by atoms with Gasteiger partial charge in [-0.3, -0.25) is 9.78 Å². The smallest absolute Gasteiger partial charge is 0.306 e. The number of anilines is 2. The van der Waals surface area contributed by atoms with E-state index in [-0.39, 0.29) is 5.92 Å². The Morgan fingerprint density at radius 3 is 2.64 bits per heavy atom. The molecular weight excluding hydrogens is 482 g/mol. The summed E-state index contributed by atoms with van der Waals surface area (Å²) in [7, 11) is 0. The van der Waals surface area contributed by atoms with Crippen molar-refractivity contribution in [3.8, 4) is 11.3 Å². The van der Waals surface area contributed by atoms with E-state index in [1.54, 1.807) is 6.20 Å². The minimum atomic E-state index is -0.705. The summed E-state index contributed by atoms with van der Waals surface area (Å²) in [5.74, 6) is 0.778. The van der Waals surface area contributed by atoms with Gasteiger partial charge in [0, 0.05) is 58.5 Å². The third-order valence-electron chi connectivity index (χ3n) is 6.84. The molecule has 172 valence electrons. The van der Waals surface area contributed by atoms with Crippen LogP contribution in [0.2, 0.25) is 0 Å². The van der Waals surface area contributed by atoms with Crippen molar-refractivity contribution < 1.29 is 9.90 Å². The molecular formula is C25H28BrN5O2. The van der Waals surface area contributed by atoms with Crippen molar-refractivity contribution >= 4 is 44.3 Å². The number of pyridine rings is 3. The lowest BCUT2D eigenvalue weighted by molar-refractivity contribution is -0.142. The molecule has 0 radical (unpaired) electrons. The predicted molar refractivity (Wildman–Crippen MR) is 134 cm³/mol. The number of nitrogens with one attached hydrogen (secondary N) is 1. The second kappa shape index (κ2) is 9.63. The molecule has 1 aliphatic heterocycles. The maximum atomic E-state index is 11.4. The molecule has 7 nitrogen and oxygen atoms in total. The zero-order chi connectivity index (χ0) is 22.8. The number of rotatable bonds is 5. The van der Waals surface area contributed by atoms with Crippen LogP contribution in [0.15, 0.2) is 41.3 Å². The molecule has 3 aromatic heterocycles. The highest BCUT2D eigenvalue weighted by molar-refractivity contribution is 9.10. The van der Waals surface area contributed by atoms with Gasteiger partial charge in [0.05, 0.1) is 11.6 Å². The van der Waals surface area contributed by atoms with Gasteiger partial charge in [-0.05, 0) is 59.8 Å². The van der Waals surface area contributed by atoms with Crippen LogP contribution in [-0.2, 0) is 4.79 Å². The van der Waals surface area contributed by atoms with Gasteiger partial charge in [0.25, 0.3) is 0 Å². The van der Waals surface area contributed by atoms with Crippen molar-refractivity contribution in [1.29, 1.82) is 0 Å². The number of carbonyl (C=O) groups is 1. The monoisotopic (exact) mass is 509 g/mol. The van der Waals surface area contributed by atoms with Gasteiger partial charge in [-0.1, -0.05) is 19.3 Å². The molecule has 0 amide bonds. The van der Waals surface area contributed by atoms with Crippen LogP contribution in [0.25, 0.3) is 22.0 Å². The summed E-state index contributed by atoms with van der Waals surface area (Å²) in [6, 6.07) is 6.60. The number of carboxylic acid groups (broad SMARTS) is 1. The van der Waals surface area contributed by atoms with Crippen molar-refractivity contribution in [2.45, 2.75) is 51.0 Å². The van der Waals surface area contributed by atoms with E-state index in [1.165, 1.54) is 32.1 Å². The summed E-state index contributed by atoms with van der Waals surface area (Å²) >= 11 is 3.68. The van der Waals surface area contributed by atoms with Gasteiger partial charge in [0.15, 0.2) is 0 Å². The molecule has 1 saturated carbocycles. The normalized spacial score (nSPS) is 17.9. The van der Waals surface area contributed by atoms with E-state index < -0.39 is 5.97 Å². The largest absolute Gasteiger partial charge is 0.481 e. The first-order chi connectivity index (χ1) is 16.1. The Labute approximate surface area is 201 Å². The molecule has 2 aliphatic rings. The molecule has 5 rings (SSSR count). The fourth-order valence-corrected chi connectivity index (χ4v) is 5.39. The molecule has 0 unspecified atom stereocenters. The molecule has 3 aromatic rings. The van der Waals surface area contributed by atoms with Crippen molar-refractivity contribution in [1.82, 2.24) is 15.0 Å². The maximum absolute atomic E-state index is 11.4. The summed E-state index contributed by atoms with van der Waals surface area (Å²) < 4.78 is 0.892. The minimum Gasteiger partial charge on any atom is -0.481 e. The second-order valence-electron chi connectivity index (χ2n) is 9.06. The summed E-state index contributed by atoms with van der Waals surface area (Å²) in [5, 5.41) is 15.0. The lowest BCUT2D eigenvalue weighted by Crippen LogP contribution is -2.36. The van der Waals surface area contributed by atoms with E-state index in [9.17, 15) is 9.90 Å². The van der Waals surface area contributed by atoms with E-state index in [0.717, 1.165) is 38.1 Å². The molecule has 8 heteroatoms. The fourth-order valence-electron chi connectivity index (χ4n) is 4.97. The van der Waals surface area contributed by atoms with Gasteiger partial charge in [-0.25, -0.2) is 9.97 Å². The van der Waals surface area contributed by atoms with Crippen LogP contribution in [0.4, 0.5) is 11.6 Å². The number of halogens is 1. The Morgan fingerprint density at radius 2 is 1.88 bits per heavy atom. The highest BCUT2D eigenvalue weighted by Gasteiger charge is 2.26. The molecule has 1 saturated heterocycles. The number of nitrogens with zero attached hydrogens (tertiary/aromatic N) is 4. The molecule has 33 heavy (non-hydrogen) atoms. The number of aliphatic carboxylic acids is 1. The summed E-state index contributed by atoms with van der Waals surface area (Å²) in [6.45, 7) is 1.35. The number of fused-ring (bicyclic) bond motifs is 1. The molecule has 1 aliphatic carbocycles. The SMILES string of the molecule is O=C(O)C1CCN(c2nc(-c3cc(NC4CCCCC4)ncc3Br)cc3cnccc23)CC1. The lowest BCUT2D eigenvalue weighted by Gasteiger charge is -2.32. The summed E-state index contributed by atoms with van der Waals surface area (Å²) in [4.78, 5) is 27.6. The van der Waals surface area contributed by atoms with Gasteiger partial charge in [0.1, 0.15) is 11.6 Å². The van der Waals surface area contributed by atoms with Gasteiger partial charge in [-0.2, -0.15) is 0 Å². The average molecular weight is 510 g/mol. The van der Waals surface area contributed by atoms with E-state index in [2.05, 4.69) is 48.2 Å². The first-order valence-corrected chi connectivity index (χ1v) is 12.5. The van der Waals surface area contributed by atoms with Crippen molar-refractivity contribution in [2.24, 2.45) is 5.92 Å². The standard InChI is InChI=1S/C25H28BrN5O2/c26-21-15-28-23(29-18-4-2-1-3-5-18)13-20(21)22-12-17-14-27-9-6-19(17)24(30-22)31-10-7-16(8-11-31)25(32)33/h6,9,12-16,18H,1-5,7-8,10-11H2,(H,28,29)(H,32,33). The third-order valence-corrected chi connectivity index (χ3v) is 7.48. The van der Waals surface area contributed by atoms with E-state index in [4.69, 9.17) is 4.98 Å². The minimum absolute atomic E-state index is 0.278. The molecule has 2 N–H and O–H groups in total. The van der Waals surface area contributed by atoms with Crippen LogP contribution in [0.5, 0.6) is 0 Å². The van der Waals surface area contributed by atoms with Gasteiger partial charge in [-0.15, -0.1) is 0 Å². The van der Waals surface area contributed by atoms with Crippen LogP contribution < -0.4 is 10.2 Å². The van der Waals surface area contributed by atoms with Crippen molar-refractivity contribution in [2.75, 3.05) is 23.3 Å². The Bertz CT molecular complexity index is 1160. The second-order valence-corrected chi connectivity index (χ2v) is 9.91. The zero-order valence-corrected chi connectivity index (χ0v) is 20.1. The topological polar surface area (TPSA) is 91.2 Å². The highest BCUT2D eigenvalue weighted by Crippen LogP contribution is 2.35. The molecule has 0 bridgehead atoms. The molecule has 4 heterocycles. The average Bonchev–Trinajstić information content (AvgIpc) is 2.85. The van der Waals surface area contributed by atoms with Gasteiger partial charge < -0.3 is 15.3 Å². The Morgan fingerprint density at radius 1 is 1.09 bits per heavy atom. The number of piperidine rings is 1. The van der Waals surface area contributed by atoms with Gasteiger partial charge >= 0.3 is 5.97 Å². The van der Waals surface area contributed by atoms with Crippen LogP contribution in [0.1, 0.15) is 44.9 Å². The molecule has 0 aromatic carbocycles. The van der Waals surface area contributed by atoms with Gasteiger partial charge in [0.2, 0.25) is 0 Å². The Balaban J connectivity index is 1.50. The molecule has 2 fully saturated rings. The highest BCUT2D eigenvalue weighted by atomic mass is 79.9. The maximum Gasteiger partial charge on any atom is 0.306 e. The number of carboxylic acids is 1. The number of aromatic nitrogens is 3. The first kappa shape index (κ1) is 22.1. The van der Waals surface area contributed by atoms with E-state index in [1.807, 2.05) is 18.5 Å². The third kappa shape index (κ3) is 4.81. The van der Waals surface area contributed by atoms with Crippen molar-refractivity contribution in [3.63, 3.8) is 0 Å². The van der Waals surface area contributed by atoms with Crippen LogP contribution >= 0.6 is 15.9 Å². The molecule has 0 atom stereocenters. The van der Waals surface area contributed by atoms with Crippen molar-refractivity contribution in [3.05, 3.63) is 41.3 Å². The Hall–Kier alpha value is -2.74. The quantitative estimate of drug-likeness (QED) is 0.469. The fraction of sp³-hybridized carbons (Fsp3) is 0.440. The number of hydrogen-bond donors (Lipinski definition) is 2. The van der Waals surface area contributed by atoms with E-state index >= 15 is 0 Å². The first-order valence-electron chi connectivity index (χ1n) is 11.7. The predicted octanol–water partition coefficient (Wildman–Crippen LogP) is 5.50. The Kier molecular flexibility index (Phi) is 6.44. The van der Waals surface area contributed by atoms with E-state index in [0.29, 0.717) is 32.0 Å². The molecule has 0 spiro atoms. The summed E-state index contributed by atoms with van der Waals surface area (Å²) in [6.07, 6.45) is 13.0. The van der Waals surface area contributed by atoms with Crippen LogP contribution in [0.3, 0.4) is 0 Å². The lowest BCUT2D eigenvalue weighted by atomic mass is 9.95. The zero-order valence-electron chi connectivity index (χ0n) is 18.5. The van der Waals surface area contributed by atoms with Crippen LogP contribution in [0, 0.1) is 5.92 Å².